The molecule has 10 atom stereocenters. The average Bonchev–Trinajstić information content (AvgIpc) is 3.28. The largest absolute Gasteiger partial charge is 0.458 e. The van der Waals surface area contributed by atoms with Crippen molar-refractivity contribution in [1.82, 2.24) is 0 Å². The molecule has 0 saturated carbocycles. The topological polar surface area (TPSA) is 89.5 Å². The summed E-state index contributed by atoms with van der Waals surface area (Å²) in [5, 5.41) is 0. The highest BCUT2D eigenvalue weighted by molar-refractivity contribution is 9.11. The van der Waals surface area contributed by atoms with Gasteiger partial charge in [0.25, 0.3) is 0 Å². The molecule has 7 rings (SSSR count). The number of benzene rings is 1. The molecule has 6 saturated heterocycles. The monoisotopic (exact) mass is 562 g/mol. The van der Waals surface area contributed by atoms with Crippen LogP contribution in [0.4, 0.5) is 0 Å². The van der Waals surface area contributed by atoms with E-state index < -0.39 is 11.9 Å². The summed E-state index contributed by atoms with van der Waals surface area (Å²) < 4.78 is 39.0. The second kappa shape index (κ2) is 9.93. The summed E-state index contributed by atoms with van der Waals surface area (Å²) in [6.45, 7) is 3.94. The fourth-order valence-electron chi connectivity index (χ4n) is 6.38. The van der Waals surface area contributed by atoms with Crippen LogP contribution in [0.25, 0.3) is 0 Å². The number of ether oxygens (including phenoxy) is 6. The third-order valence-corrected chi connectivity index (χ3v) is 8.29. The maximum atomic E-state index is 12.7. The summed E-state index contributed by atoms with van der Waals surface area (Å²) in [7, 11) is 0. The van der Waals surface area contributed by atoms with Crippen molar-refractivity contribution in [3.8, 4) is 0 Å². The lowest BCUT2D eigenvalue weighted by Crippen LogP contribution is -2.61. The van der Waals surface area contributed by atoms with Gasteiger partial charge >= 0.3 is 5.97 Å². The van der Waals surface area contributed by atoms with Crippen molar-refractivity contribution in [2.45, 2.75) is 106 Å². The molecule has 2 unspecified atom stereocenters. The maximum Gasteiger partial charge on any atom is 0.338 e. The number of hydrogen-bond donors (Lipinski definition) is 0. The first kappa shape index (κ1) is 24.7. The first-order valence-electron chi connectivity index (χ1n) is 12.8. The Balaban J connectivity index is 1.18. The molecular formula is C27H31BrO8. The number of rotatable bonds is 9. The van der Waals surface area contributed by atoms with Crippen LogP contribution < -0.4 is 0 Å². The zero-order chi connectivity index (χ0) is 24.9. The van der Waals surface area contributed by atoms with Crippen LogP contribution >= 0.6 is 15.9 Å². The SMILES string of the molecule is C=C(Br)C[C@@H](CC[C@@]12C[C@H]3O[C@H]4C(O1)[C@H]1O[C@@H](CC=O)CC[C@@H]1OC4[C@H]3O2)OC(=O)c1ccccc1. The van der Waals surface area contributed by atoms with Crippen molar-refractivity contribution in [2.24, 2.45) is 0 Å². The van der Waals surface area contributed by atoms with Gasteiger partial charge in [-0.3, -0.25) is 0 Å². The second-order valence-electron chi connectivity index (χ2n) is 10.4. The summed E-state index contributed by atoms with van der Waals surface area (Å²) in [5.74, 6) is -1.23. The van der Waals surface area contributed by atoms with Crippen LogP contribution in [0.15, 0.2) is 41.4 Å². The first-order chi connectivity index (χ1) is 17.4. The molecule has 0 aromatic heterocycles. The van der Waals surface area contributed by atoms with Gasteiger partial charge in [0.2, 0.25) is 0 Å². The van der Waals surface area contributed by atoms with Gasteiger partial charge in [-0.1, -0.05) is 40.7 Å². The lowest BCUT2D eigenvalue weighted by Gasteiger charge is -2.47. The van der Waals surface area contributed by atoms with Crippen molar-refractivity contribution in [3.63, 3.8) is 0 Å². The lowest BCUT2D eigenvalue weighted by molar-refractivity contribution is -0.292. The summed E-state index contributed by atoms with van der Waals surface area (Å²) in [4.78, 5) is 23.8. The Morgan fingerprint density at radius 3 is 2.58 bits per heavy atom. The van der Waals surface area contributed by atoms with Crippen molar-refractivity contribution in [1.29, 1.82) is 0 Å². The molecule has 0 N–H and O–H groups in total. The van der Waals surface area contributed by atoms with E-state index in [1.165, 1.54) is 0 Å². The van der Waals surface area contributed by atoms with Crippen LogP contribution in [0.2, 0.25) is 0 Å². The fourth-order valence-corrected chi connectivity index (χ4v) is 6.74. The molecule has 0 spiro atoms. The Kier molecular flexibility index (Phi) is 6.81. The standard InChI is InChI=1S/C27H31BrO8/c1-15(28)13-18(32-26(30)16-5-3-2-4-6-16)9-11-27-14-20-22(35-27)23-24(34-20)25(36-27)21-19(33-23)8-7-17(31-21)10-12-29/h2-6,12,17-25H,1,7-11,13-14H2/t17-,18-,19+,20-,21+,22+,23?,24-,25?,27+/m1/s1. The molecule has 6 aliphatic heterocycles. The summed E-state index contributed by atoms with van der Waals surface area (Å²) in [6, 6.07) is 8.96. The number of esters is 1. The van der Waals surface area contributed by atoms with Crippen molar-refractivity contribution < 1.29 is 38.0 Å². The minimum atomic E-state index is -0.867. The second-order valence-corrected chi connectivity index (χ2v) is 11.5. The predicted molar refractivity (Wildman–Crippen MR) is 131 cm³/mol. The van der Waals surface area contributed by atoms with Gasteiger partial charge in [0.1, 0.15) is 42.9 Å². The molecule has 36 heavy (non-hydrogen) atoms. The normalized spacial score (nSPS) is 40.8. The van der Waals surface area contributed by atoms with Gasteiger partial charge in [0, 0.05) is 25.7 Å². The van der Waals surface area contributed by atoms with Crippen LogP contribution in [-0.2, 0) is 33.2 Å². The number of carbonyl (C=O) groups excluding carboxylic acids is 2. The number of halogens is 1. The maximum absolute atomic E-state index is 12.7. The highest BCUT2D eigenvalue weighted by atomic mass is 79.9. The smallest absolute Gasteiger partial charge is 0.338 e. The van der Waals surface area contributed by atoms with E-state index in [9.17, 15) is 9.59 Å². The van der Waals surface area contributed by atoms with Crippen LogP contribution in [-0.4, -0.2) is 73.0 Å². The Morgan fingerprint density at radius 2 is 1.81 bits per heavy atom. The molecule has 9 heteroatoms. The lowest BCUT2D eigenvalue weighted by atomic mass is 9.87. The minimum absolute atomic E-state index is 0.0993. The van der Waals surface area contributed by atoms with Crippen molar-refractivity contribution in [2.75, 3.05) is 0 Å². The van der Waals surface area contributed by atoms with Gasteiger partial charge in [0.15, 0.2) is 5.79 Å². The molecule has 6 aliphatic rings. The van der Waals surface area contributed by atoms with Crippen LogP contribution in [0.3, 0.4) is 0 Å². The number of carbonyl (C=O) groups is 2. The van der Waals surface area contributed by atoms with Gasteiger partial charge in [-0.05, 0) is 35.9 Å². The minimum Gasteiger partial charge on any atom is -0.458 e. The van der Waals surface area contributed by atoms with Gasteiger partial charge in [-0.15, -0.1) is 0 Å². The van der Waals surface area contributed by atoms with E-state index in [0.29, 0.717) is 37.7 Å². The molecule has 6 heterocycles. The third kappa shape index (κ3) is 4.59. The van der Waals surface area contributed by atoms with Crippen LogP contribution in [0.5, 0.6) is 0 Å². The van der Waals surface area contributed by atoms with E-state index in [-0.39, 0.29) is 54.8 Å². The zero-order valence-corrected chi connectivity index (χ0v) is 21.5. The molecule has 194 valence electrons. The molecule has 0 amide bonds. The molecule has 1 aromatic carbocycles. The zero-order valence-electron chi connectivity index (χ0n) is 20.0. The first-order valence-corrected chi connectivity index (χ1v) is 13.6. The summed E-state index contributed by atoms with van der Waals surface area (Å²) in [6.07, 6.45) is 3.01. The molecule has 6 fully saturated rings. The van der Waals surface area contributed by atoms with Gasteiger partial charge in [0.05, 0.1) is 23.9 Å². The van der Waals surface area contributed by atoms with E-state index in [2.05, 4.69) is 22.5 Å². The molecule has 1 aromatic rings. The summed E-state index contributed by atoms with van der Waals surface area (Å²) in [5.41, 5.74) is 0.509. The van der Waals surface area contributed by atoms with Crippen molar-refractivity contribution >= 4 is 28.2 Å². The highest BCUT2D eigenvalue weighted by Crippen LogP contribution is 2.54. The van der Waals surface area contributed by atoms with E-state index in [0.717, 1.165) is 23.6 Å². The fraction of sp³-hybridized carbons (Fsp3) is 0.630. The summed E-state index contributed by atoms with van der Waals surface area (Å²) >= 11 is 3.42. The third-order valence-electron chi connectivity index (χ3n) is 7.97. The molecule has 0 radical (unpaired) electrons. The van der Waals surface area contributed by atoms with Crippen molar-refractivity contribution in [3.05, 3.63) is 47.0 Å². The quantitative estimate of drug-likeness (QED) is 0.331. The molecule has 8 nitrogen and oxygen atoms in total. The average molecular weight is 563 g/mol. The Bertz CT molecular complexity index is 1000. The van der Waals surface area contributed by atoms with E-state index in [4.69, 9.17) is 28.4 Å². The van der Waals surface area contributed by atoms with Crippen LogP contribution in [0.1, 0.15) is 55.3 Å². The molecule has 6 bridgehead atoms. The number of hydrogen-bond acceptors (Lipinski definition) is 8. The van der Waals surface area contributed by atoms with Crippen LogP contribution in [0, 0.1) is 0 Å². The van der Waals surface area contributed by atoms with E-state index in [1.807, 2.05) is 18.2 Å². The Labute approximate surface area is 218 Å². The Hall–Kier alpha value is -1.62. The highest BCUT2D eigenvalue weighted by Gasteiger charge is 2.68. The van der Waals surface area contributed by atoms with E-state index >= 15 is 0 Å². The predicted octanol–water partition coefficient (Wildman–Crippen LogP) is 3.85. The Morgan fingerprint density at radius 1 is 1.06 bits per heavy atom. The van der Waals surface area contributed by atoms with Gasteiger partial charge in [-0.2, -0.15) is 0 Å². The van der Waals surface area contributed by atoms with E-state index in [1.54, 1.807) is 12.1 Å². The number of fused-ring (bicyclic) bond motifs is 1. The van der Waals surface area contributed by atoms with Gasteiger partial charge < -0.3 is 33.2 Å². The molecular weight excluding hydrogens is 532 g/mol. The molecule has 0 aliphatic carbocycles. The number of aldehydes is 1. The van der Waals surface area contributed by atoms with Gasteiger partial charge in [-0.25, -0.2) is 4.79 Å².